The normalized spacial score (nSPS) is 14.5. The third kappa shape index (κ3) is 4.90. The standard InChI is InChI=1S/C16H25N2O4P/c1-5-21-23(19,20)22-12-18-11-14(8-9-17(3)4)15-10-13(2)6-7-16(15)18/h6-7,10-11H,5,8-9,12H2,1-4H3,(H,19,20). The number of rotatable bonds is 8. The molecule has 0 saturated carbocycles. The van der Waals surface area contributed by atoms with Crippen molar-refractivity contribution >= 4 is 18.7 Å². The van der Waals surface area contributed by atoms with Crippen LogP contribution in [-0.4, -0.2) is 41.6 Å². The molecule has 0 fully saturated rings. The van der Waals surface area contributed by atoms with E-state index in [0.29, 0.717) is 0 Å². The lowest BCUT2D eigenvalue weighted by atomic mass is 10.1. The highest BCUT2D eigenvalue weighted by Crippen LogP contribution is 2.43. The van der Waals surface area contributed by atoms with E-state index in [4.69, 9.17) is 9.05 Å². The molecule has 1 N–H and O–H groups in total. The van der Waals surface area contributed by atoms with Gasteiger partial charge in [0.1, 0.15) is 6.73 Å². The largest absolute Gasteiger partial charge is 0.473 e. The van der Waals surface area contributed by atoms with Crippen LogP contribution in [0.15, 0.2) is 24.4 Å². The molecule has 0 radical (unpaired) electrons. The van der Waals surface area contributed by atoms with Crippen molar-refractivity contribution in [3.63, 3.8) is 0 Å². The van der Waals surface area contributed by atoms with Gasteiger partial charge < -0.3 is 14.4 Å². The Hall–Kier alpha value is -1.17. The lowest BCUT2D eigenvalue weighted by molar-refractivity contribution is 0.125. The maximum absolute atomic E-state index is 11.7. The Morgan fingerprint density at radius 2 is 2.04 bits per heavy atom. The summed E-state index contributed by atoms with van der Waals surface area (Å²) in [5, 5.41) is 1.15. The van der Waals surface area contributed by atoms with Crippen molar-refractivity contribution in [2.24, 2.45) is 0 Å². The van der Waals surface area contributed by atoms with Gasteiger partial charge in [0.05, 0.1) is 12.1 Å². The highest BCUT2D eigenvalue weighted by molar-refractivity contribution is 7.47. The molecule has 2 aromatic rings. The summed E-state index contributed by atoms with van der Waals surface area (Å²) in [5.74, 6) is 0. The summed E-state index contributed by atoms with van der Waals surface area (Å²) in [5.41, 5.74) is 3.37. The van der Waals surface area contributed by atoms with Gasteiger partial charge in [0.25, 0.3) is 0 Å². The first-order valence-electron chi connectivity index (χ1n) is 7.67. The van der Waals surface area contributed by atoms with E-state index in [1.165, 1.54) is 11.1 Å². The average Bonchev–Trinajstić information content (AvgIpc) is 2.80. The summed E-state index contributed by atoms with van der Waals surface area (Å²) in [6.45, 7) is 4.76. The van der Waals surface area contributed by atoms with Gasteiger partial charge >= 0.3 is 7.82 Å². The van der Waals surface area contributed by atoms with Gasteiger partial charge in [0, 0.05) is 18.1 Å². The summed E-state index contributed by atoms with van der Waals surface area (Å²) in [6.07, 6.45) is 2.89. The highest BCUT2D eigenvalue weighted by atomic mass is 31.2. The number of aromatic nitrogens is 1. The van der Waals surface area contributed by atoms with E-state index in [1.807, 2.05) is 37.0 Å². The summed E-state index contributed by atoms with van der Waals surface area (Å²) >= 11 is 0. The van der Waals surface area contributed by atoms with Crippen LogP contribution < -0.4 is 0 Å². The Balaban J connectivity index is 2.27. The third-order valence-electron chi connectivity index (χ3n) is 3.60. The molecule has 1 atom stereocenters. The molecule has 6 nitrogen and oxygen atoms in total. The fraction of sp³-hybridized carbons (Fsp3) is 0.500. The summed E-state index contributed by atoms with van der Waals surface area (Å²) in [7, 11) is 0.0823. The maximum atomic E-state index is 11.7. The van der Waals surface area contributed by atoms with Crippen molar-refractivity contribution in [3.8, 4) is 0 Å². The van der Waals surface area contributed by atoms with Gasteiger partial charge in [-0.2, -0.15) is 0 Å². The zero-order chi connectivity index (χ0) is 17.0. The summed E-state index contributed by atoms with van der Waals surface area (Å²) in [4.78, 5) is 11.7. The zero-order valence-electron chi connectivity index (χ0n) is 14.2. The first-order valence-corrected chi connectivity index (χ1v) is 9.17. The van der Waals surface area contributed by atoms with Gasteiger partial charge in [-0.1, -0.05) is 11.6 Å². The smallest absolute Gasteiger partial charge is 0.323 e. The number of hydrogen-bond donors (Lipinski definition) is 1. The Bertz CT molecular complexity index is 711. The van der Waals surface area contributed by atoms with Gasteiger partial charge in [0.15, 0.2) is 0 Å². The second-order valence-electron chi connectivity index (χ2n) is 5.84. The van der Waals surface area contributed by atoms with Crippen molar-refractivity contribution < 1.29 is 18.5 Å². The molecule has 0 aliphatic rings. The fourth-order valence-electron chi connectivity index (χ4n) is 2.47. The lowest BCUT2D eigenvalue weighted by Gasteiger charge is -2.12. The second kappa shape index (κ2) is 7.60. The molecular weight excluding hydrogens is 315 g/mol. The van der Waals surface area contributed by atoms with E-state index in [-0.39, 0.29) is 13.3 Å². The lowest BCUT2D eigenvalue weighted by Crippen LogP contribution is -2.14. The predicted octanol–water partition coefficient (Wildman–Crippen LogP) is 3.16. The Morgan fingerprint density at radius 3 is 2.70 bits per heavy atom. The van der Waals surface area contributed by atoms with Crippen molar-refractivity contribution in [1.29, 1.82) is 0 Å². The summed E-state index contributed by atoms with van der Waals surface area (Å²) in [6, 6.07) is 6.17. The van der Waals surface area contributed by atoms with E-state index < -0.39 is 7.82 Å². The first kappa shape index (κ1) is 18.2. The molecule has 0 spiro atoms. The molecule has 23 heavy (non-hydrogen) atoms. The van der Waals surface area contributed by atoms with Crippen LogP contribution in [0.25, 0.3) is 10.9 Å². The molecular formula is C16H25N2O4P. The van der Waals surface area contributed by atoms with Crippen LogP contribution in [0.4, 0.5) is 0 Å². The molecule has 128 valence electrons. The van der Waals surface area contributed by atoms with Crippen LogP contribution in [0.2, 0.25) is 0 Å². The minimum atomic E-state index is -4.00. The molecule has 0 aliphatic carbocycles. The molecule has 1 unspecified atom stereocenters. The van der Waals surface area contributed by atoms with Crippen LogP contribution in [0.1, 0.15) is 18.1 Å². The number of aryl methyl sites for hydroxylation is 1. The second-order valence-corrected chi connectivity index (χ2v) is 7.30. The molecule has 1 aromatic carbocycles. The van der Waals surface area contributed by atoms with E-state index in [2.05, 4.69) is 17.9 Å². The molecule has 0 bridgehead atoms. The number of hydrogen-bond acceptors (Lipinski definition) is 4. The van der Waals surface area contributed by atoms with Gasteiger partial charge in [-0.15, -0.1) is 0 Å². The third-order valence-corrected chi connectivity index (χ3v) is 4.63. The van der Waals surface area contributed by atoms with E-state index in [9.17, 15) is 9.46 Å². The molecule has 0 amide bonds. The van der Waals surface area contributed by atoms with Crippen LogP contribution in [0.3, 0.4) is 0 Å². The Morgan fingerprint density at radius 1 is 1.30 bits per heavy atom. The maximum Gasteiger partial charge on any atom is 0.473 e. The van der Waals surface area contributed by atoms with Crippen molar-refractivity contribution in [3.05, 3.63) is 35.5 Å². The van der Waals surface area contributed by atoms with Crippen LogP contribution in [-0.2, 0) is 26.8 Å². The van der Waals surface area contributed by atoms with Crippen molar-refractivity contribution in [2.75, 3.05) is 27.2 Å². The number of likely N-dealkylation sites (N-methyl/N-ethyl adjacent to an activating group) is 1. The number of benzene rings is 1. The zero-order valence-corrected chi connectivity index (χ0v) is 15.0. The van der Waals surface area contributed by atoms with E-state index >= 15 is 0 Å². The molecule has 0 saturated heterocycles. The SMILES string of the molecule is CCOP(=O)(O)OCn1cc(CCN(C)C)c2cc(C)ccc21. The van der Waals surface area contributed by atoms with Gasteiger partial charge in [-0.25, -0.2) is 4.57 Å². The molecule has 1 heterocycles. The van der Waals surface area contributed by atoms with Gasteiger partial charge in [0.2, 0.25) is 0 Å². The number of phosphoric acid groups is 1. The monoisotopic (exact) mass is 340 g/mol. The minimum Gasteiger partial charge on any atom is -0.323 e. The number of nitrogens with zero attached hydrogens (tertiary/aromatic N) is 2. The Labute approximate surface area is 137 Å². The number of phosphoric ester groups is 1. The molecule has 0 aliphatic heterocycles. The fourth-order valence-corrected chi connectivity index (χ4v) is 3.14. The first-order chi connectivity index (χ1) is 10.8. The van der Waals surface area contributed by atoms with Crippen LogP contribution in [0.5, 0.6) is 0 Å². The quantitative estimate of drug-likeness (QED) is 0.748. The Kier molecular flexibility index (Phi) is 6.00. The van der Waals surface area contributed by atoms with E-state index in [0.717, 1.165) is 23.9 Å². The van der Waals surface area contributed by atoms with Gasteiger partial charge in [-0.3, -0.25) is 9.05 Å². The molecule has 1 aromatic heterocycles. The molecule has 7 heteroatoms. The number of fused-ring (bicyclic) bond motifs is 1. The van der Waals surface area contributed by atoms with Crippen LogP contribution in [0, 0.1) is 6.92 Å². The van der Waals surface area contributed by atoms with Crippen molar-refractivity contribution in [2.45, 2.75) is 27.0 Å². The highest BCUT2D eigenvalue weighted by Gasteiger charge is 2.20. The predicted molar refractivity (Wildman–Crippen MR) is 91.5 cm³/mol. The molecule has 2 rings (SSSR count). The van der Waals surface area contributed by atoms with Crippen molar-refractivity contribution in [1.82, 2.24) is 9.47 Å². The topological polar surface area (TPSA) is 63.9 Å². The van der Waals surface area contributed by atoms with E-state index in [1.54, 1.807) is 6.92 Å². The minimum absolute atomic E-state index is 0.0185. The van der Waals surface area contributed by atoms with Crippen LogP contribution >= 0.6 is 7.82 Å². The van der Waals surface area contributed by atoms with Gasteiger partial charge in [-0.05, 0) is 52.1 Å². The summed E-state index contributed by atoms with van der Waals surface area (Å²) < 4.78 is 23.4. The average molecular weight is 340 g/mol.